The van der Waals surface area contributed by atoms with Crippen LogP contribution in [0, 0.1) is 0 Å². The predicted octanol–water partition coefficient (Wildman–Crippen LogP) is 8.23. The molecule has 0 radical (unpaired) electrons. The molecule has 0 saturated carbocycles. The Morgan fingerprint density at radius 2 is 1.63 bits per heavy atom. The van der Waals surface area contributed by atoms with E-state index in [0.717, 1.165) is 17.6 Å². The van der Waals surface area contributed by atoms with E-state index in [1.807, 2.05) is 32.1 Å². The van der Waals surface area contributed by atoms with Gasteiger partial charge in [-0.15, -0.1) is 24.8 Å². The molecular formula is C21H32Cl2O2PZr. The summed E-state index contributed by atoms with van der Waals surface area (Å²) < 4.78 is 38.0. The van der Waals surface area contributed by atoms with Gasteiger partial charge in [-0.2, -0.15) is 0 Å². The molecule has 0 saturated heterocycles. The second kappa shape index (κ2) is 5.04. The number of halogens is 2. The topological polar surface area (TPSA) is 34.1 Å². The molecule has 151 valence electrons. The number of allylic oxidation sites excluding steroid dienone is 5. The van der Waals surface area contributed by atoms with E-state index >= 15 is 0 Å². The van der Waals surface area contributed by atoms with Gasteiger partial charge in [0.05, 0.1) is 0 Å². The molecule has 1 unspecified atom stereocenters. The van der Waals surface area contributed by atoms with Crippen LogP contribution < -0.4 is 0 Å². The normalized spacial score (nSPS) is 23.3. The van der Waals surface area contributed by atoms with Crippen molar-refractivity contribution in [3.05, 3.63) is 63.0 Å². The van der Waals surface area contributed by atoms with E-state index < -0.39 is 18.2 Å². The first-order valence-electron chi connectivity index (χ1n) is 9.17. The Hall–Kier alpha value is -0.327. The summed E-state index contributed by atoms with van der Waals surface area (Å²) in [6.45, 7) is 4.09. The number of benzene rings is 1. The molecular weight excluding hydrogens is 477 g/mol. The van der Waals surface area contributed by atoms with Gasteiger partial charge in [0.1, 0.15) is 0 Å². The minimum Gasteiger partial charge on any atom is -0.147 e. The Bertz CT molecular complexity index is 1150. The number of hydrogen-bond acceptors (Lipinski definition) is 2. The van der Waals surface area contributed by atoms with Gasteiger partial charge in [-0.05, 0) is 0 Å². The molecule has 1 atom stereocenters. The molecule has 3 rings (SSSR count). The summed E-state index contributed by atoms with van der Waals surface area (Å²) in [5.74, 6) is 0. The van der Waals surface area contributed by atoms with Crippen LogP contribution in [0.3, 0.4) is 0 Å². The van der Waals surface area contributed by atoms with Crippen molar-refractivity contribution in [1.29, 1.82) is 0 Å². The minimum atomic E-state index is -6.17. The predicted molar refractivity (Wildman–Crippen MR) is 123 cm³/mol. The number of fused-ring (bicyclic) bond motifs is 1. The summed E-state index contributed by atoms with van der Waals surface area (Å²) in [6, 6.07) is 8.23. The van der Waals surface area contributed by atoms with Gasteiger partial charge in [0.2, 0.25) is 0 Å². The molecule has 0 amide bonds. The van der Waals surface area contributed by atoms with Crippen LogP contribution in [0.15, 0.2) is 51.9 Å². The number of hydrogen-bond donors (Lipinski definition) is 0. The fraction of sp³-hybridized carbons (Fsp3) is 0.381. The van der Waals surface area contributed by atoms with E-state index in [0.29, 0.717) is 6.42 Å². The zero-order valence-electron chi connectivity index (χ0n) is 17.1. The first-order chi connectivity index (χ1) is 11.2. The maximum Gasteiger partial charge on any atom is -0.147 e. The van der Waals surface area contributed by atoms with Gasteiger partial charge in [0, 0.05) is 0 Å². The van der Waals surface area contributed by atoms with E-state index in [1.165, 1.54) is 0 Å². The largest absolute Gasteiger partial charge is 0.147 e. The molecule has 2 aliphatic carbocycles. The number of rotatable bonds is 3. The minimum absolute atomic E-state index is 0. The van der Waals surface area contributed by atoms with E-state index in [9.17, 15) is 9.13 Å². The van der Waals surface area contributed by atoms with Crippen LogP contribution in [-0.2, 0) is 22.4 Å². The van der Waals surface area contributed by atoms with E-state index in [-0.39, 0.29) is 28.4 Å². The van der Waals surface area contributed by atoms with Crippen molar-refractivity contribution in [2.45, 2.75) is 42.4 Å². The fourth-order valence-electron chi connectivity index (χ4n) is 5.34. The molecule has 0 fully saturated rings. The summed E-state index contributed by atoms with van der Waals surface area (Å²) in [6.07, 6.45) is 11.2. The van der Waals surface area contributed by atoms with Crippen LogP contribution in [0.2, 0.25) is 18.5 Å². The Kier molecular flexibility index (Phi) is 4.61. The van der Waals surface area contributed by atoms with Crippen LogP contribution in [0.25, 0.3) is 6.08 Å². The van der Waals surface area contributed by atoms with Gasteiger partial charge in [-0.3, -0.25) is 0 Å². The molecule has 6 heteroatoms. The molecule has 0 N–H and O–H groups in total. The smallest absolute Gasteiger partial charge is 0.147 e. The quantitative estimate of drug-likeness (QED) is 0.385. The Labute approximate surface area is 165 Å². The monoisotopic (exact) mass is 507 g/mol. The van der Waals surface area contributed by atoms with Crippen LogP contribution in [-0.4, -0.2) is 3.21 Å². The van der Waals surface area contributed by atoms with Crippen LogP contribution in [0.4, 0.5) is 0 Å². The molecule has 0 spiro atoms. The average Bonchev–Trinajstić information content (AvgIpc) is 3.18. The molecule has 1 aromatic rings. The first-order valence-corrected chi connectivity index (χ1v) is 27.4. The van der Waals surface area contributed by atoms with Crippen LogP contribution in [0.5, 0.6) is 0 Å². The van der Waals surface area contributed by atoms with Crippen molar-refractivity contribution in [2.24, 2.45) is 0 Å². The second-order valence-electron chi connectivity index (χ2n) is 12.9. The second-order valence-corrected chi connectivity index (χ2v) is 74.8. The molecule has 0 bridgehead atoms. The van der Waals surface area contributed by atoms with E-state index in [2.05, 4.69) is 55.0 Å². The summed E-state index contributed by atoms with van der Waals surface area (Å²) in [5.41, 5.74) is 2.27. The zero-order valence-corrected chi connectivity index (χ0v) is 22.0. The van der Waals surface area contributed by atoms with Gasteiger partial charge in [0.15, 0.2) is 0 Å². The van der Waals surface area contributed by atoms with Crippen molar-refractivity contribution in [3.8, 4) is 0 Å². The summed E-state index contributed by atoms with van der Waals surface area (Å²) in [7, 11) is 0. The maximum absolute atomic E-state index is 13.7. The third-order valence-electron chi connectivity index (χ3n) is 9.82. The Morgan fingerprint density at radius 1 is 1.04 bits per heavy atom. The average molecular weight is 510 g/mol. The molecule has 0 aliphatic heterocycles. The molecule has 0 heterocycles. The third kappa shape index (κ3) is 2.11. The van der Waals surface area contributed by atoms with Gasteiger partial charge in [-0.25, -0.2) is 0 Å². The van der Waals surface area contributed by atoms with Crippen molar-refractivity contribution in [2.75, 3.05) is 0 Å². The van der Waals surface area contributed by atoms with E-state index in [1.54, 1.807) is 0 Å². The molecule has 2 aliphatic rings. The maximum atomic E-state index is 13.7. The van der Waals surface area contributed by atoms with Gasteiger partial charge >= 0.3 is 142 Å². The van der Waals surface area contributed by atoms with Gasteiger partial charge in [-0.1, -0.05) is 0 Å². The van der Waals surface area contributed by atoms with Crippen molar-refractivity contribution < 1.29 is 22.4 Å². The van der Waals surface area contributed by atoms with E-state index in [4.69, 9.17) is 0 Å². The van der Waals surface area contributed by atoms with Crippen molar-refractivity contribution in [1.82, 2.24) is 0 Å². The Morgan fingerprint density at radius 3 is 2.11 bits per heavy atom. The summed E-state index contributed by atoms with van der Waals surface area (Å²) in [4.78, 5) is -2.78. The van der Waals surface area contributed by atoms with Crippen LogP contribution in [0.1, 0.15) is 35.0 Å². The van der Waals surface area contributed by atoms with Crippen molar-refractivity contribution in [3.63, 3.8) is 0 Å². The summed E-state index contributed by atoms with van der Waals surface area (Å²) >= 11 is -6.17. The Balaban J connectivity index is 0.00000182. The zero-order chi connectivity index (χ0) is 18.9. The summed E-state index contributed by atoms with van der Waals surface area (Å²) in [5, 5.41) is 0. The third-order valence-corrected chi connectivity index (χ3v) is 65.6. The molecule has 2 nitrogen and oxygen atoms in total. The standard InChI is InChI=1S/C9H7.C5H5.C3H6.4CH3.2ClH.O2P.Zr/c1-2-5-9-7-3-6-8(9)4-1;1-2-4-5-3-1;1-3-2;;;;;;;1-3-2;/h1-7H;1-3H,4H2;1-2H3;4*1H3;2*1H;;. The molecule has 27 heavy (non-hydrogen) atoms. The van der Waals surface area contributed by atoms with Crippen LogP contribution >= 0.6 is 29.8 Å². The molecule has 1 aromatic carbocycles. The van der Waals surface area contributed by atoms with Crippen molar-refractivity contribution >= 4 is 39.1 Å². The fourth-order valence-corrected chi connectivity index (χ4v) is 31.8. The SMILES string of the molecule is C[C](C)=[Zr]([CH3])([CH3])([CH3])([CH3])([C]1=CC=CC1)([CH]1C=Cc2ccccc21)[P](=O)=O.Cl.Cl. The first kappa shape index (κ1) is 24.7. The van der Waals surface area contributed by atoms with Gasteiger partial charge < -0.3 is 0 Å². The van der Waals surface area contributed by atoms with Gasteiger partial charge in [0.25, 0.3) is 0 Å². The molecule has 0 aromatic heterocycles.